The number of hydrogen-bond acceptors (Lipinski definition) is 7. The van der Waals surface area contributed by atoms with Crippen molar-refractivity contribution in [2.24, 2.45) is 10.2 Å². The summed E-state index contributed by atoms with van der Waals surface area (Å²) in [6.07, 6.45) is 0. The predicted octanol–water partition coefficient (Wildman–Crippen LogP) is 4.83. The minimum atomic E-state index is -0.586. The molecule has 0 aliphatic heterocycles. The molecular weight excluding hydrogens is 445 g/mol. The van der Waals surface area contributed by atoms with E-state index in [-0.39, 0.29) is 28.0 Å². The molecule has 0 aromatic heterocycles. The third kappa shape index (κ3) is 7.03. The van der Waals surface area contributed by atoms with Crippen LogP contribution in [0.2, 0.25) is 10.0 Å². The van der Waals surface area contributed by atoms with E-state index in [1.54, 1.807) is 6.07 Å². The van der Waals surface area contributed by atoms with E-state index in [4.69, 9.17) is 27.9 Å². The standard InChI is InChI=1S/C20H26Cl2N5O4/c1-27(2,3)9-7-25(8-10-28)14-5-6-18(19(13-14)31-4)23-24-20-16(21)11-15(26(29)30)12-17(20)22/h5-6,11-13,28H,7-10H2,1-4H3/q+1. The summed E-state index contributed by atoms with van der Waals surface area (Å²) in [6, 6.07) is 7.76. The zero-order valence-electron chi connectivity index (χ0n) is 17.9. The van der Waals surface area contributed by atoms with E-state index >= 15 is 0 Å². The molecule has 0 radical (unpaired) electrons. The van der Waals surface area contributed by atoms with Gasteiger partial charge in [0.1, 0.15) is 17.1 Å². The van der Waals surface area contributed by atoms with Gasteiger partial charge in [-0.3, -0.25) is 10.1 Å². The summed E-state index contributed by atoms with van der Waals surface area (Å²) >= 11 is 12.2. The third-order valence-electron chi connectivity index (χ3n) is 4.41. The zero-order chi connectivity index (χ0) is 23.2. The van der Waals surface area contributed by atoms with Crippen LogP contribution in [0, 0.1) is 10.1 Å². The Hall–Kier alpha value is -2.46. The summed E-state index contributed by atoms with van der Waals surface area (Å²) in [4.78, 5) is 12.4. The Labute approximate surface area is 191 Å². The van der Waals surface area contributed by atoms with Gasteiger partial charge in [-0.1, -0.05) is 23.2 Å². The number of aliphatic hydroxyl groups excluding tert-OH is 1. The molecule has 0 aliphatic carbocycles. The van der Waals surface area contributed by atoms with Gasteiger partial charge in [0.15, 0.2) is 0 Å². The van der Waals surface area contributed by atoms with Crippen LogP contribution < -0.4 is 9.64 Å². The number of methoxy groups -OCH3 is 1. The van der Waals surface area contributed by atoms with Gasteiger partial charge in [-0.2, -0.15) is 0 Å². The molecular formula is C20H26Cl2N5O4+. The van der Waals surface area contributed by atoms with Gasteiger partial charge in [-0.05, 0) is 12.1 Å². The molecule has 1 N–H and O–H groups in total. The van der Waals surface area contributed by atoms with E-state index in [9.17, 15) is 15.2 Å². The Bertz CT molecular complexity index is 940. The average molecular weight is 471 g/mol. The van der Waals surface area contributed by atoms with Gasteiger partial charge >= 0.3 is 0 Å². The zero-order valence-corrected chi connectivity index (χ0v) is 19.4. The molecule has 0 fully saturated rings. The molecule has 0 aliphatic rings. The van der Waals surface area contributed by atoms with Gasteiger partial charge in [0.2, 0.25) is 0 Å². The van der Waals surface area contributed by atoms with E-state index in [0.717, 1.165) is 23.3 Å². The summed E-state index contributed by atoms with van der Waals surface area (Å²) in [5, 5.41) is 28.6. The van der Waals surface area contributed by atoms with Crippen molar-refractivity contribution in [3.8, 4) is 5.75 Å². The topological polar surface area (TPSA) is 101 Å². The lowest BCUT2D eigenvalue weighted by Crippen LogP contribution is -2.42. The number of halogens is 2. The average Bonchev–Trinajstić information content (AvgIpc) is 2.69. The summed E-state index contributed by atoms with van der Waals surface area (Å²) in [5.41, 5.74) is 1.22. The first-order valence-electron chi connectivity index (χ1n) is 9.45. The monoisotopic (exact) mass is 470 g/mol. The molecule has 31 heavy (non-hydrogen) atoms. The van der Waals surface area contributed by atoms with Gasteiger partial charge in [-0.25, -0.2) is 0 Å². The Morgan fingerprint density at radius 1 is 1.13 bits per heavy atom. The van der Waals surface area contributed by atoms with Gasteiger partial charge in [0, 0.05) is 30.4 Å². The van der Waals surface area contributed by atoms with Crippen LogP contribution in [-0.2, 0) is 0 Å². The van der Waals surface area contributed by atoms with Crippen molar-refractivity contribution in [2.75, 3.05) is 59.4 Å². The Morgan fingerprint density at radius 2 is 1.77 bits per heavy atom. The molecule has 0 unspecified atom stereocenters. The van der Waals surface area contributed by atoms with Crippen LogP contribution in [0.25, 0.3) is 0 Å². The van der Waals surface area contributed by atoms with Crippen LogP contribution in [0.4, 0.5) is 22.7 Å². The normalized spacial score (nSPS) is 11.7. The summed E-state index contributed by atoms with van der Waals surface area (Å²) in [5.74, 6) is 0.476. The van der Waals surface area contributed by atoms with E-state index < -0.39 is 4.92 Å². The third-order valence-corrected chi connectivity index (χ3v) is 4.99. The highest BCUT2D eigenvalue weighted by molar-refractivity contribution is 6.39. The summed E-state index contributed by atoms with van der Waals surface area (Å²) in [7, 11) is 7.84. The molecule has 2 aromatic carbocycles. The summed E-state index contributed by atoms with van der Waals surface area (Å²) in [6.45, 7) is 2.15. The smallest absolute Gasteiger partial charge is 0.272 e. The predicted molar refractivity (Wildman–Crippen MR) is 122 cm³/mol. The van der Waals surface area contributed by atoms with E-state index in [2.05, 4.69) is 36.3 Å². The van der Waals surface area contributed by atoms with E-state index in [1.165, 1.54) is 19.2 Å². The highest BCUT2D eigenvalue weighted by atomic mass is 35.5. The van der Waals surface area contributed by atoms with Gasteiger partial charge < -0.3 is 19.2 Å². The molecule has 2 aromatic rings. The number of azo groups is 1. The Balaban J connectivity index is 2.32. The quantitative estimate of drug-likeness (QED) is 0.232. The number of quaternary nitrogens is 1. The number of nitrogens with zero attached hydrogens (tertiary/aromatic N) is 5. The number of likely N-dealkylation sites (N-methyl/N-ethyl adjacent to an activating group) is 1. The van der Waals surface area contributed by atoms with Crippen LogP contribution in [0.15, 0.2) is 40.6 Å². The minimum Gasteiger partial charge on any atom is -0.494 e. The second kappa shape index (κ2) is 10.7. The fraction of sp³-hybridized carbons (Fsp3) is 0.400. The number of non-ortho nitro benzene ring substituents is 1. The number of anilines is 1. The fourth-order valence-electron chi connectivity index (χ4n) is 2.71. The van der Waals surface area contributed by atoms with Crippen molar-refractivity contribution in [1.29, 1.82) is 0 Å². The van der Waals surface area contributed by atoms with Crippen LogP contribution in [0.5, 0.6) is 5.75 Å². The molecule has 168 valence electrons. The number of aliphatic hydroxyl groups is 1. The highest BCUT2D eigenvalue weighted by Gasteiger charge is 2.16. The molecule has 0 spiro atoms. The maximum atomic E-state index is 10.9. The lowest BCUT2D eigenvalue weighted by Gasteiger charge is -2.30. The molecule has 0 amide bonds. The van der Waals surface area contributed by atoms with Crippen LogP contribution >= 0.6 is 23.2 Å². The molecule has 9 nitrogen and oxygen atoms in total. The van der Waals surface area contributed by atoms with Gasteiger partial charge in [0.25, 0.3) is 5.69 Å². The number of hydrogen-bond donors (Lipinski definition) is 1. The number of nitro groups is 1. The number of ether oxygens (including phenoxy) is 1. The van der Waals surface area contributed by atoms with E-state index in [0.29, 0.717) is 18.0 Å². The van der Waals surface area contributed by atoms with Crippen molar-refractivity contribution in [3.05, 3.63) is 50.5 Å². The Morgan fingerprint density at radius 3 is 2.29 bits per heavy atom. The summed E-state index contributed by atoms with van der Waals surface area (Å²) < 4.78 is 6.25. The molecule has 2 rings (SSSR count). The van der Waals surface area contributed by atoms with Crippen molar-refractivity contribution in [2.45, 2.75) is 0 Å². The van der Waals surface area contributed by atoms with Crippen molar-refractivity contribution >= 4 is 46.0 Å². The van der Waals surface area contributed by atoms with Crippen LogP contribution in [-0.4, -0.2) is 69.0 Å². The van der Waals surface area contributed by atoms with Crippen molar-refractivity contribution in [1.82, 2.24) is 0 Å². The fourth-order valence-corrected chi connectivity index (χ4v) is 3.27. The first kappa shape index (κ1) is 24.8. The van der Waals surface area contributed by atoms with Gasteiger partial charge in [0.05, 0.1) is 62.9 Å². The molecule has 0 bridgehead atoms. The Kier molecular flexibility index (Phi) is 8.58. The number of nitro benzene ring substituents is 1. The molecule has 0 saturated heterocycles. The maximum absolute atomic E-state index is 10.9. The maximum Gasteiger partial charge on any atom is 0.272 e. The van der Waals surface area contributed by atoms with Crippen LogP contribution in [0.1, 0.15) is 0 Å². The second-order valence-corrected chi connectivity index (χ2v) is 8.61. The van der Waals surface area contributed by atoms with Crippen LogP contribution in [0.3, 0.4) is 0 Å². The molecule has 0 heterocycles. The SMILES string of the molecule is COc1cc(N(CCO)CC[N+](C)(C)C)ccc1N=Nc1c(Cl)cc([N+](=O)[O-])cc1Cl. The second-order valence-electron chi connectivity index (χ2n) is 7.80. The molecule has 11 heteroatoms. The van der Waals surface area contributed by atoms with E-state index in [1.807, 2.05) is 12.1 Å². The lowest BCUT2D eigenvalue weighted by molar-refractivity contribution is -0.868. The molecule has 0 atom stereocenters. The largest absolute Gasteiger partial charge is 0.494 e. The lowest BCUT2D eigenvalue weighted by atomic mass is 10.2. The number of benzene rings is 2. The minimum absolute atomic E-state index is 0.0213. The molecule has 0 saturated carbocycles. The van der Waals surface area contributed by atoms with Crippen molar-refractivity contribution < 1.29 is 19.2 Å². The number of rotatable bonds is 10. The highest BCUT2D eigenvalue weighted by Crippen LogP contribution is 2.39. The first-order chi connectivity index (χ1) is 14.6. The first-order valence-corrected chi connectivity index (χ1v) is 10.2. The van der Waals surface area contributed by atoms with Gasteiger partial charge in [-0.15, -0.1) is 10.2 Å². The van der Waals surface area contributed by atoms with Crippen molar-refractivity contribution in [3.63, 3.8) is 0 Å².